The van der Waals surface area contributed by atoms with Gasteiger partial charge in [0, 0.05) is 23.4 Å². The van der Waals surface area contributed by atoms with Crippen LogP contribution in [0.2, 0.25) is 0 Å². The van der Waals surface area contributed by atoms with Crippen LogP contribution in [-0.4, -0.2) is 20.9 Å². The maximum absolute atomic E-state index is 12.2. The maximum Gasteiger partial charge on any atom is 0.331 e. The van der Waals surface area contributed by atoms with Crippen LogP contribution in [0.5, 0.6) is 5.88 Å². The number of nitrogens with one attached hydrogen (secondary N) is 1. The number of rotatable bonds is 2. The standard InChI is InChI=1S/C18H17N3O3/c22-16-14(9-11-10-19-15-8-4-3-7-13(11)15)17(23)21(18(24)20-16)12-5-1-2-6-12/h3-4,7-10,12,23H,1-2,5-6H2,(H,20,22,24)/b11-9+. The number of hydrogen-bond acceptors (Lipinski definition) is 4. The van der Waals surface area contributed by atoms with Crippen LogP contribution in [0.15, 0.2) is 38.8 Å². The SMILES string of the molecule is O=c1[nH]c(=O)n(C2CCCC2)c(O)c1/C=C1\C=Nc2ccccc21. The average Bonchev–Trinajstić information content (AvgIpc) is 3.21. The molecule has 1 fully saturated rings. The first-order chi connectivity index (χ1) is 11.6. The fourth-order valence-electron chi connectivity index (χ4n) is 3.49. The second kappa shape index (κ2) is 5.63. The molecule has 1 aromatic carbocycles. The summed E-state index contributed by atoms with van der Waals surface area (Å²) in [6.45, 7) is 0. The zero-order chi connectivity index (χ0) is 16.7. The minimum atomic E-state index is -0.586. The molecule has 1 aliphatic carbocycles. The Balaban J connectivity index is 1.86. The third kappa shape index (κ3) is 2.31. The van der Waals surface area contributed by atoms with Crippen LogP contribution in [0.4, 0.5) is 5.69 Å². The summed E-state index contributed by atoms with van der Waals surface area (Å²) in [5.41, 5.74) is 1.42. The van der Waals surface area contributed by atoms with E-state index in [1.807, 2.05) is 24.3 Å². The van der Waals surface area contributed by atoms with Crippen molar-refractivity contribution in [2.75, 3.05) is 0 Å². The van der Waals surface area contributed by atoms with Crippen LogP contribution < -0.4 is 11.2 Å². The Hall–Kier alpha value is -2.89. The van der Waals surface area contributed by atoms with Crippen LogP contribution in [-0.2, 0) is 0 Å². The van der Waals surface area contributed by atoms with Gasteiger partial charge < -0.3 is 5.11 Å². The van der Waals surface area contributed by atoms with Crippen LogP contribution in [0.25, 0.3) is 11.6 Å². The number of aromatic hydroxyl groups is 1. The fraction of sp³-hybridized carbons (Fsp3) is 0.278. The number of nitrogens with zero attached hydrogens (tertiary/aromatic N) is 2. The number of allylic oxidation sites excluding steroid dienone is 1. The molecule has 2 N–H and O–H groups in total. The minimum Gasteiger partial charge on any atom is -0.494 e. The lowest BCUT2D eigenvalue weighted by atomic mass is 10.1. The van der Waals surface area contributed by atoms with Crippen molar-refractivity contribution in [3.63, 3.8) is 0 Å². The van der Waals surface area contributed by atoms with E-state index < -0.39 is 11.2 Å². The van der Waals surface area contributed by atoms with Gasteiger partial charge in [0.1, 0.15) is 5.56 Å². The van der Waals surface area contributed by atoms with E-state index in [9.17, 15) is 14.7 Å². The fourth-order valence-corrected chi connectivity index (χ4v) is 3.49. The molecule has 24 heavy (non-hydrogen) atoms. The second-order valence-electron chi connectivity index (χ2n) is 6.18. The molecule has 1 saturated carbocycles. The van der Waals surface area contributed by atoms with E-state index in [-0.39, 0.29) is 17.5 Å². The van der Waals surface area contributed by atoms with Crippen molar-refractivity contribution < 1.29 is 5.11 Å². The smallest absolute Gasteiger partial charge is 0.331 e. The number of para-hydroxylation sites is 1. The molecule has 1 aliphatic heterocycles. The second-order valence-corrected chi connectivity index (χ2v) is 6.18. The Morgan fingerprint density at radius 3 is 2.75 bits per heavy atom. The van der Waals surface area contributed by atoms with Gasteiger partial charge >= 0.3 is 5.69 Å². The van der Waals surface area contributed by atoms with Gasteiger partial charge in [0.2, 0.25) is 5.88 Å². The molecule has 2 aromatic rings. The number of H-pyrrole nitrogens is 1. The predicted octanol–water partition coefficient (Wildman–Crippen LogP) is 2.61. The third-order valence-corrected chi connectivity index (χ3v) is 4.70. The molecule has 0 bridgehead atoms. The normalized spacial score (nSPS) is 18.4. The minimum absolute atomic E-state index is 0.0592. The summed E-state index contributed by atoms with van der Waals surface area (Å²) in [7, 11) is 0. The highest BCUT2D eigenvalue weighted by Gasteiger charge is 2.24. The lowest BCUT2D eigenvalue weighted by Crippen LogP contribution is -2.33. The van der Waals surface area contributed by atoms with Gasteiger partial charge in [0.15, 0.2) is 0 Å². The highest BCUT2D eigenvalue weighted by molar-refractivity contribution is 6.21. The predicted molar refractivity (Wildman–Crippen MR) is 93.0 cm³/mol. The molecule has 4 rings (SSSR count). The molecule has 0 saturated heterocycles. The van der Waals surface area contributed by atoms with E-state index >= 15 is 0 Å². The van der Waals surface area contributed by atoms with Gasteiger partial charge in [-0.05, 0) is 25.0 Å². The highest BCUT2D eigenvalue weighted by atomic mass is 16.3. The summed E-state index contributed by atoms with van der Waals surface area (Å²) in [6.07, 6.45) is 6.96. The molecular weight excluding hydrogens is 306 g/mol. The van der Waals surface area contributed by atoms with Gasteiger partial charge in [0.25, 0.3) is 5.56 Å². The molecule has 0 radical (unpaired) electrons. The highest BCUT2D eigenvalue weighted by Crippen LogP contribution is 2.34. The van der Waals surface area contributed by atoms with Crippen LogP contribution in [0.3, 0.4) is 0 Å². The number of aromatic amines is 1. The van der Waals surface area contributed by atoms with Crippen molar-refractivity contribution in [2.45, 2.75) is 31.7 Å². The van der Waals surface area contributed by atoms with E-state index in [1.54, 1.807) is 12.3 Å². The van der Waals surface area contributed by atoms with Gasteiger partial charge in [-0.3, -0.25) is 19.3 Å². The molecule has 0 atom stereocenters. The summed E-state index contributed by atoms with van der Waals surface area (Å²) < 4.78 is 1.32. The number of benzene rings is 1. The first kappa shape index (κ1) is 14.7. The van der Waals surface area contributed by atoms with E-state index in [0.717, 1.165) is 42.5 Å². The van der Waals surface area contributed by atoms with Crippen LogP contribution in [0.1, 0.15) is 42.9 Å². The van der Waals surface area contributed by atoms with Gasteiger partial charge in [-0.15, -0.1) is 0 Å². The Bertz CT molecular complexity index is 976. The Morgan fingerprint density at radius 1 is 1.21 bits per heavy atom. The van der Waals surface area contributed by atoms with Gasteiger partial charge in [-0.1, -0.05) is 31.0 Å². The Labute approximate surface area is 137 Å². The zero-order valence-electron chi connectivity index (χ0n) is 13.0. The van der Waals surface area contributed by atoms with Crippen molar-refractivity contribution in [3.05, 3.63) is 56.2 Å². The third-order valence-electron chi connectivity index (χ3n) is 4.70. The van der Waals surface area contributed by atoms with E-state index in [1.165, 1.54) is 4.57 Å². The molecule has 0 unspecified atom stereocenters. The summed E-state index contributed by atoms with van der Waals surface area (Å²) in [4.78, 5) is 31.0. The number of aromatic nitrogens is 2. The van der Waals surface area contributed by atoms with Crippen molar-refractivity contribution >= 4 is 23.6 Å². The molecular formula is C18H17N3O3. The lowest BCUT2D eigenvalue weighted by Gasteiger charge is -2.16. The van der Waals surface area contributed by atoms with E-state index in [4.69, 9.17) is 0 Å². The zero-order valence-corrected chi connectivity index (χ0v) is 13.0. The first-order valence-electron chi connectivity index (χ1n) is 8.08. The van der Waals surface area contributed by atoms with Gasteiger partial charge in [0.05, 0.1) is 5.69 Å². The molecule has 0 spiro atoms. The summed E-state index contributed by atoms with van der Waals surface area (Å²) in [5.74, 6) is -0.263. The number of aliphatic imine (C=N–C) groups is 1. The van der Waals surface area contributed by atoms with E-state index in [0.29, 0.717) is 0 Å². The lowest BCUT2D eigenvalue weighted by molar-refractivity contribution is 0.362. The Kier molecular flexibility index (Phi) is 3.45. The molecule has 2 aliphatic rings. The molecule has 2 heterocycles. The topological polar surface area (TPSA) is 87.5 Å². The van der Waals surface area contributed by atoms with Crippen molar-refractivity contribution in [3.8, 4) is 5.88 Å². The van der Waals surface area contributed by atoms with Gasteiger partial charge in [-0.25, -0.2) is 4.79 Å². The largest absolute Gasteiger partial charge is 0.494 e. The monoisotopic (exact) mass is 323 g/mol. The van der Waals surface area contributed by atoms with Crippen LogP contribution in [0, 0.1) is 0 Å². The molecule has 6 heteroatoms. The molecule has 122 valence electrons. The van der Waals surface area contributed by atoms with Crippen molar-refractivity contribution in [2.24, 2.45) is 4.99 Å². The molecule has 0 amide bonds. The summed E-state index contributed by atoms with van der Waals surface area (Å²) in [5, 5.41) is 10.6. The average molecular weight is 323 g/mol. The Morgan fingerprint density at radius 2 is 1.96 bits per heavy atom. The summed E-state index contributed by atoms with van der Waals surface area (Å²) >= 11 is 0. The summed E-state index contributed by atoms with van der Waals surface area (Å²) in [6, 6.07) is 7.52. The maximum atomic E-state index is 12.2. The van der Waals surface area contributed by atoms with E-state index in [2.05, 4.69) is 9.98 Å². The van der Waals surface area contributed by atoms with Crippen molar-refractivity contribution in [1.82, 2.24) is 9.55 Å². The first-order valence-corrected chi connectivity index (χ1v) is 8.08. The molecule has 1 aromatic heterocycles. The number of fused-ring (bicyclic) bond motifs is 1. The van der Waals surface area contributed by atoms with Crippen molar-refractivity contribution in [1.29, 1.82) is 0 Å². The quantitative estimate of drug-likeness (QED) is 0.890. The number of hydrogen-bond donors (Lipinski definition) is 2. The van der Waals surface area contributed by atoms with Crippen LogP contribution >= 0.6 is 0 Å². The van der Waals surface area contributed by atoms with Gasteiger partial charge in [-0.2, -0.15) is 0 Å². The molecule has 6 nitrogen and oxygen atoms in total.